The van der Waals surface area contributed by atoms with Crippen molar-refractivity contribution in [2.75, 3.05) is 19.6 Å². The zero-order valence-electron chi connectivity index (χ0n) is 11.5. The van der Waals surface area contributed by atoms with Crippen molar-refractivity contribution in [3.63, 3.8) is 0 Å². The fourth-order valence-electron chi connectivity index (χ4n) is 1.93. The van der Waals surface area contributed by atoms with E-state index < -0.39 is 24.0 Å². The van der Waals surface area contributed by atoms with E-state index in [2.05, 4.69) is 10.6 Å². The van der Waals surface area contributed by atoms with E-state index in [-0.39, 0.29) is 31.7 Å². The molecule has 4 N–H and O–H groups in total. The molecule has 1 rings (SSSR count). The molecule has 118 valence electrons. The Morgan fingerprint density at radius 2 is 2.05 bits per heavy atom. The van der Waals surface area contributed by atoms with E-state index in [1.165, 1.54) is 4.90 Å². The van der Waals surface area contributed by atoms with Crippen LogP contribution in [-0.2, 0) is 14.4 Å². The van der Waals surface area contributed by atoms with Crippen LogP contribution in [0.1, 0.15) is 25.7 Å². The first kappa shape index (κ1) is 16.7. The van der Waals surface area contributed by atoms with Crippen molar-refractivity contribution in [1.29, 1.82) is 0 Å². The molecule has 0 unspecified atom stereocenters. The largest absolute Gasteiger partial charge is 0.481 e. The second-order valence-electron chi connectivity index (χ2n) is 4.75. The van der Waals surface area contributed by atoms with E-state index in [9.17, 15) is 19.2 Å². The molecular formula is C12H19N3O6. The summed E-state index contributed by atoms with van der Waals surface area (Å²) < 4.78 is 0. The maximum absolute atomic E-state index is 12.0. The third kappa shape index (κ3) is 6.11. The predicted octanol–water partition coefficient (Wildman–Crippen LogP) is -0.774. The molecule has 1 saturated heterocycles. The summed E-state index contributed by atoms with van der Waals surface area (Å²) in [5, 5.41) is 22.5. The number of rotatable bonds is 6. The third-order valence-corrected chi connectivity index (χ3v) is 3.03. The van der Waals surface area contributed by atoms with E-state index in [1.807, 2.05) is 0 Å². The maximum atomic E-state index is 12.0. The lowest BCUT2D eigenvalue weighted by molar-refractivity contribution is -0.140. The summed E-state index contributed by atoms with van der Waals surface area (Å²) in [5.41, 5.74) is 0. The highest BCUT2D eigenvalue weighted by Crippen LogP contribution is 2.04. The number of carbonyl (C=O) groups excluding carboxylic acids is 2. The summed E-state index contributed by atoms with van der Waals surface area (Å²) in [4.78, 5) is 46.0. The molecule has 0 aromatic rings. The molecule has 9 heteroatoms. The van der Waals surface area contributed by atoms with Crippen molar-refractivity contribution < 1.29 is 29.4 Å². The number of hydrogen-bond donors (Lipinski definition) is 4. The molecule has 0 spiro atoms. The lowest BCUT2D eigenvalue weighted by Gasteiger charge is -2.22. The summed E-state index contributed by atoms with van der Waals surface area (Å²) >= 11 is 0. The van der Waals surface area contributed by atoms with Crippen LogP contribution in [0.5, 0.6) is 0 Å². The Bertz CT molecular complexity index is 425. The van der Waals surface area contributed by atoms with Crippen molar-refractivity contribution in [3.05, 3.63) is 0 Å². The number of urea groups is 1. The normalized spacial score (nSPS) is 16.6. The lowest BCUT2D eigenvalue weighted by Crippen LogP contribution is -2.49. The first-order chi connectivity index (χ1) is 9.90. The van der Waals surface area contributed by atoms with Crippen LogP contribution in [0.25, 0.3) is 0 Å². The fraction of sp³-hybridized carbons (Fsp3) is 0.667. The summed E-state index contributed by atoms with van der Waals surface area (Å²) in [6.45, 7) is 0.711. The minimum Gasteiger partial charge on any atom is -0.481 e. The second kappa shape index (κ2) is 8.08. The van der Waals surface area contributed by atoms with Crippen molar-refractivity contribution in [2.24, 2.45) is 0 Å². The van der Waals surface area contributed by atoms with Crippen LogP contribution in [0.4, 0.5) is 4.79 Å². The highest BCUT2D eigenvalue weighted by molar-refractivity contribution is 5.87. The topological polar surface area (TPSA) is 136 Å². The molecule has 21 heavy (non-hydrogen) atoms. The maximum Gasteiger partial charge on any atom is 0.326 e. The van der Waals surface area contributed by atoms with Crippen LogP contribution >= 0.6 is 0 Å². The molecule has 1 heterocycles. The molecule has 1 aliphatic rings. The van der Waals surface area contributed by atoms with E-state index in [0.717, 1.165) is 0 Å². The molecule has 0 aromatic carbocycles. The SMILES string of the molecule is O=C(O)CCC[C@@H](NC(=O)N1CCCNC(=O)C1)C(=O)O. The van der Waals surface area contributed by atoms with Gasteiger partial charge in [-0.1, -0.05) is 0 Å². The molecule has 9 nitrogen and oxygen atoms in total. The van der Waals surface area contributed by atoms with Gasteiger partial charge in [0.2, 0.25) is 5.91 Å². The van der Waals surface area contributed by atoms with Gasteiger partial charge in [-0.2, -0.15) is 0 Å². The van der Waals surface area contributed by atoms with Gasteiger partial charge >= 0.3 is 18.0 Å². The first-order valence-electron chi connectivity index (χ1n) is 6.67. The fourth-order valence-corrected chi connectivity index (χ4v) is 1.93. The van der Waals surface area contributed by atoms with Gasteiger partial charge in [-0.05, 0) is 19.3 Å². The Kier molecular flexibility index (Phi) is 6.44. The number of hydrogen-bond acceptors (Lipinski definition) is 4. The van der Waals surface area contributed by atoms with Crippen molar-refractivity contribution >= 4 is 23.9 Å². The van der Waals surface area contributed by atoms with Gasteiger partial charge in [0.05, 0.1) is 0 Å². The molecule has 0 aromatic heterocycles. The van der Waals surface area contributed by atoms with Crippen LogP contribution in [0, 0.1) is 0 Å². The Morgan fingerprint density at radius 1 is 1.33 bits per heavy atom. The monoisotopic (exact) mass is 301 g/mol. The summed E-state index contributed by atoms with van der Waals surface area (Å²) in [6.07, 6.45) is 0.599. The number of carboxylic acid groups (broad SMARTS) is 2. The molecule has 1 atom stereocenters. The predicted molar refractivity (Wildman–Crippen MR) is 70.6 cm³/mol. The number of amides is 3. The van der Waals surface area contributed by atoms with Gasteiger partial charge in [-0.15, -0.1) is 0 Å². The van der Waals surface area contributed by atoms with Crippen LogP contribution < -0.4 is 10.6 Å². The number of aliphatic carboxylic acids is 2. The van der Waals surface area contributed by atoms with Crippen LogP contribution in [-0.4, -0.2) is 64.7 Å². The van der Waals surface area contributed by atoms with Crippen LogP contribution in [0.2, 0.25) is 0 Å². The molecule has 0 aliphatic carbocycles. The van der Waals surface area contributed by atoms with Gasteiger partial charge in [-0.25, -0.2) is 9.59 Å². The molecule has 3 amide bonds. The highest BCUT2D eigenvalue weighted by Gasteiger charge is 2.25. The summed E-state index contributed by atoms with van der Waals surface area (Å²) in [6, 6.07) is -1.79. The zero-order valence-corrected chi connectivity index (χ0v) is 11.5. The van der Waals surface area contributed by atoms with Crippen LogP contribution in [0.15, 0.2) is 0 Å². The summed E-state index contributed by atoms with van der Waals surface area (Å²) in [7, 11) is 0. The minimum atomic E-state index is -1.23. The van der Waals surface area contributed by atoms with E-state index >= 15 is 0 Å². The Hall–Kier alpha value is -2.32. The molecular weight excluding hydrogens is 282 g/mol. The Balaban J connectivity index is 2.52. The van der Waals surface area contributed by atoms with Gasteiger partial charge in [0.25, 0.3) is 0 Å². The van der Waals surface area contributed by atoms with Gasteiger partial charge in [-0.3, -0.25) is 9.59 Å². The van der Waals surface area contributed by atoms with Crippen molar-refractivity contribution in [1.82, 2.24) is 15.5 Å². The average molecular weight is 301 g/mol. The average Bonchev–Trinajstić information content (AvgIpc) is 2.61. The molecule has 0 radical (unpaired) electrons. The molecule has 1 fully saturated rings. The van der Waals surface area contributed by atoms with Gasteiger partial charge < -0.3 is 25.7 Å². The van der Waals surface area contributed by atoms with Gasteiger partial charge in [0, 0.05) is 19.5 Å². The Labute approximate surface area is 121 Å². The van der Waals surface area contributed by atoms with Crippen molar-refractivity contribution in [3.8, 4) is 0 Å². The van der Waals surface area contributed by atoms with Gasteiger partial charge in [0.15, 0.2) is 0 Å². The van der Waals surface area contributed by atoms with E-state index in [1.54, 1.807) is 0 Å². The molecule has 1 aliphatic heterocycles. The highest BCUT2D eigenvalue weighted by atomic mass is 16.4. The number of nitrogens with one attached hydrogen (secondary N) is 2. The van der Waals surface area contributed by atoms with Crippen LogP contribution in [0.3, 0.4) is 0 Å². The van der Waals surface area contributed by atoms with E-state index in [4.69, 9.17) is 10.2 Å². The second-order valence-corrected chi connectivity index (χ2v) is 4.75. The quantitative estimate of drug-likeness (QED) is 0.508. The van der Waals surface area contributed by atoms with E-state index in [0.29, 0.717) is 19.5 Å². The summed E-state index contributed by atoms with van der Waals surface area (Å²) in [5.74, 6) is -2.54. The van der Waals surface area contributed by atoms with Gasteiger partial charge in [0.1, 0.15) is 12.6 Å². The molecule has 0 saturated carbocycles. The minimum absolute atomic E-state index is 0.0212. The standard InChI is InChI=1S/C12H19N3O6/c16-9-7-15(6-2-5-13-9)12(21)14-8(11(19)20)3-1-4-10(17)18/h8H,1-7H2,(H,13,16)(H,14,21)(H,17,18)(H,19,20)/t8-/m1/s1. The lowest BCUT2D eigenvalue weighted by atomic mass is 10.1. The number of carboxylic acids is 2. The third-order valence-electron chi connectivity index (χ3n) is 3.03. The zero-order chi connectivity index (χ0) is 15.8. The first-order valence-corrected chi connectivity index (χ1v) is 6.67. The number of nitrogens with zero attached hydrogens (tertiary/aromatic N) is 1. The number of carbonyl (C=O) groups is 4. The smallest absolute Gasteiger partial charge is 0.326 e. The Morgan fingerprint density at radius 3 is 2.67 bits per heavy atom. The molecule has 0 bridgehead atoms. The van der Waals surface area contributed by atoms with Crippen molar-refractivity contribution in [2.45, 2.75) is 31.7 Å².